The summed E-state index contributed by atoms with van der Waals surface area (Å²) in [5.74, 6) is 2.11. The van der Waals surface area contributed by atoms with Crippen molar-refractivity contribution < 1.29 is 4.74 Å². The maximum Gasteiger partial charge on any atom is 0.123 e. The number of ether oxygens (including phenoxy) is 1. The second-order valence-electron chi connectivity index (χ2n) is 6.66. The minimum absolute atomic E-state index is 0.292. The van der Waals surface area contributed by atoms with E-state index in [-0.39, 0.29) is 0 Å². The molecule has 1 heterocycles. The highest BCUT2D eigenvalue weighted by molar-refractivity contribution is 7.99. The van der Waals surface area contributed by atoms with E-state index in [9.17, 15) is 0 Å². The lowest BCUT2D eigenvalue weighted by Crippen LogP contribution is -2.33. The lowest BCUT2D eigenvalue weighted by atomic mass is 9.89. The number of anilines is 2. The first kappa shape index (κ1) is 19.7. The molecule has 1 atom stereocenters. The van der Waals surface area contributed by atoms with Gasteiger partial charge in [-0.25, -0.2) is 0 Å². The Bertz CT molecular complexity index is 686. The number of methoxy groups -OCH3 is 1. The minimum Gasteiger partial charge on any atom is -0.496 e. The molecule has 2 aromatic rings. The molecule has 25 heavy (non-hydrogen) atoms. The molecular formula is C22H31NOS. The molecule has 3 rings (SSSR count). The minimum atomic E-state index is 0.292. The molecule has 0 fully saturated rings. The Labute approximate surface area is 157 Å². The number of rotatable bonds is 3. The van der Waals surface area contributed by atoms with E-state index in [4.69, 9.17) is 4.74 Å². The van der Waals surface area contributed by atoms with E-state index in [1.807, 2.05) is 25.6 Å². The normalized spacial score (nSPS) is 19.4. The smallest absolute Gasteiger partial charge is 0.123 e. The molecule has 0 radical (unpaired) electrons. The van der Waals surface area contributed by atoms with Crippen molar-refractivity contribution >= 4 is 23.1 Å². The van der Waals surface area contributed by atoms with Gasteiger partial charge >= 0.3 is 0 Å². The summed E-state index contributed by atoms with van der Waals surface area (Å²) in [5.41, 5.74) is 4.05. The number of fused-ring (bicyclic) bond motifs is 1. The van der Waals surface area contributed by atoms with Gasteiger partial charge in [-0.05, 0) is 48.6 Å². The quantitative estimate of drug-likeness (QED) is 0.607. The number of thioether (sulfide) groups is 1. The van der Waals surface area contributed by atoms with E-state index < -0.39 is 0 Å². The van der Waals surface area contributed by atoms with Gasteiger partial charge in [-0.15, -0.1) is 11.8 Å². The van der Waals surface area contributed by atoms with E-state index in [1.54, 1.807) is 7.11 Å². The van der Waals surface area contributed by atoms with Gasteiger partial charge in [0, 0.05) is 22.9 Å². The molecule has 1 aliphatic heterocycles. The van der Waals surface area contributed by atoms with Crippen LogP contribution in [-0.4, -0.2) is 19.4 Å². The number of nitrogens with zero attached hydrogens (tertiary/aromatic N) is 1. The van der Waals surface area contributed by atoms with Crippen LogP contribution in [0.3, 0.4) is 0 Å². The lowest BCUT2D eigenvalue weighted by molar-refractivity contribution is 0.373. The van der Waals surface area contributed by atoms with Gasteiger partial charge in [0.1, 0.15) is 5.75 Å². The van der Waals surface area contributed by atoms with Crippen molar-refractivity contribution in [1.82, 2.24) is 0 Å². The van der Waals surface area contributed by atoms with Crippen molar-refractivity contribution in [2.45, 2.75) is 45.9 Å². The Hall–Kier alpha value is -1.61. The monoisotopic (exact) mass is 357 g/mol. The van der Waals surface area contributed by atoms with Crippen LogP contribution in [0.25, 0.3) is 0 Å². The third-order valence-corrected chi connectivity index (χ3v) is 6.28. The van der Waals surface area contributed by atoms with E-state index in [1.165, 1.54) is 28.3 Å². The number of hydrogen-bond acceptors (Lipinski definition) is 3. The van der Waals surface area contributed by atoms with Gasteiger partial charge in [-0.3, -0.25) is 0 Å². The maximum atomic E-state index is 5.54. The zero-order valence-electron chi connectivity index (χ0n) is 16.4. The highest BCUT2D eigenvalue weighted by atomic mass is 32.2. The number of hydrogen-bond donors (Lipinski definition) is 0. The van der Waals surface area contributed by atoms with Crippen molar-refractivity contribution in [3.05, 3.63) is 48.0 Å². The van der Waals surface area contributed by atoms with Gasteiger partial charge in [0.2, 0.25) is 0 Å². The lowest BCUT2D eigenvalue weighted by Gasteiger charge is -2.33. The van der Waals surface area contributed by atoms with Crippen LogP contribution in [-0.2, 0) is 0 Å². The summed E-state index contributed by atoms with van der Waals surface area (Å²) < 4.78 is 5.54. The first-order chi connectivity index (χ1) is 12.1. The molecule has 0 amide bonds. The summed E-state index contributed by atoms with van der Waals surface area (Å²) >= 11 is 1.96. The highest BCUT2D eigenvalue weighted by Gasteiger charge is 2.31. The zero-order valence-corrected chi connectivity index (χ0v) is 17.2. The highest BCUT2D eigenvalue weighted by Crippen LogP contribution is 2.46. The predicted octanol–water partition coefficient (Wildman–Crippen LogP) is 6.69. The molecule has 136 valence electrons. The third kappa shape index (κ3) is 4.33. The van der Waals surface area contributed by atoms with Crippen molar-refractivity contribution in [1.29, 1.82) is 0 Å². The molecule has 1 aliphatic rings. The molecule has 2 nitrogen and oxygen atoms in total. The van der Waals surface area contributed by atoms with E-state index in [0.717, 1.165) is 18.0 Å². The van der Waals surface area contributed by atoms with Gasteiger partial charge in [-0.1, -0.05) is 45.9 Å². The van der Waals surface area contributed by atoms with Gasteiger partial charge < -0.3 is 9.64 Å². The molecule has 3 heteroatoms. The van der Waals surface area contributed by atoms with Crippen LogP contribution in [0.5, 0.6) is 5.75 Å². The van der Waals surface area contributed by atoms with Crippen LogP contribution in [0.1, 0.15) is 39.7 Å². The van der Waals surface area contributed by atoms with Crippen LogP contribution in [0.2, 0.25) is 0 Å². The largest absolute Gasteiger partial charge is 0.496 e. The van der Waals surface area contributed by atoms with E-state index >= 15 is 0 Å². The number of para-hydroxylation sites is 1. The Morgan fingerprint density at radius 1 is 1.16 bits per heavy atom. The van der Waals surface area contributed by atoms with Crippen LogP contribution in [0.15, 0.2) is 47.4 Å². The SMILES string of the molecule is CC.CCC1(C)CSc2cc(OC)c(C)cc2N(c2ccccc2)C1. The summed E-state index contributed by atoms with van der Waals surface area (Å²) in [6.07, 6.45) is 1.17. The molecule has 1 unspecified atom stereocenters. The van der Waals surface area contributed by atoms with E-state index in [0.29, 0.717) is 5.41 Å². The summed E-state index contributed by atoms with van der Waals surface area (Å²) in [6.45, 7) is 11.9. The zero-order chi connectivity index (χ0) is 18.4. The van der Waals surface area contributed by atoms with Crippen molar-refractivity contribution in [2.75, 3.05) is 24.3 Å². The molecule has 0 aromatic heterocycles. The van der Waals surface area contributed by atoms with E-state index in [2.05, 4.69) is 68.1 Å². The summed E-state index contributed by atoms with van der Waals surface area (Å²) in [6, 6.07) is 15.2. The Balaban J connectivity index is 0.00000109. The molecule has 0 saturated heterocycles. The second kappa shape index (κ2) is 8.66. The number of aryl methyl sites for hydroxylation is 1. The maximum absolute atomic E-state index is 5.54. The molecule has 0 saturated carbocycles. The second-order valence-corrected chi connectivity index (χ2v) is 7.68. The Morgan fingerprint density at radius 2 is 1.84 bits per heavy atom. The van der Waals surface area contributed by atoms with Crippen molar-refractivity contribution in [3.63, 3.8) is 0 Å². The molecule has 2 aromatic carbocycles. The summed E-state index contributed by atoms with van der Waals surface area (Å²) in [5, 5.41) is 0. The predicted molar refractivity (Wildman–Crippen MR) is 112 cm³/mol. The van der Waals surface area contributed by atoms with Crippen LogP contribution >= 0.6 is 11.8 Å². The van der Waals surface area contributed by atoms with Gasteiger partial charge in [-0.2, -0.15) is 0 Å². The van der Waals surface area contributed by atoms with Crippen LogP contribution in [0.4, 0.5) is 11.4 Å². The molecule has 0 bridgehead atoms. The molecule has 0 aliphatic carbocycles. The Kier molecular flexibility index (Phi) is 6.83. The first-order valence-electron chi connectivity index (χ1n) is 9.20. The van der Waals surface area contributed by atoms with Gasteiger partial charge in [0.25, 0.3) is 0 Å². The fraction of sp³-hybridized carbons (Fsp3) is 0.455. The van der Waals surface area contributed by atoms with Gasteiger partial charge in [0.05, 0.1) is 12.8 Å². The molecule has 0 spiro atoms. The average molecular weight is 358 g/mol. The summed E-state index contributed by atoms with van der Waals surface area (Å²) in [4.78, 5) is 3.79. The molecular weight excluding hydrogens is 326 g/mol. The topological polar surface area (TPSA) is 12.5 Å². The van der Waals surface area contributed by atoms with Crippen molar-refractivity contribution in [2.24, 2.45) is 5.41 Å². The fourth-order valence-corrected chi connectivity index (χ4v) is 4.32. The Morgan fingerprint density at radius 3 is 2.44 bits per heavy atom. The number of benzene rings is 2. The van der Waals surface area contributed by atoms with Crippen LogP contribution in [0, 0.1) is 12.3 Å². The fourth-order valence-electron chi connectivity index (χ4n) is 3.02. The standard InChI is InChI=1S/C20H25NOS.C2H6/c1-5-20(3)13-21(16-9-7-6-8-10-16)17-11-15(2)18(22-4)12-19(17)23-14-20;1-2/h6-12H,5,13-14H2,1-4H3;1-2H3. The third-order valence-electron chi connectivity index (χ3n) is 4.80. The van der Waals surface area contributed by atoms with Gasteiger partial charge in [0.15, 0.2) is 0 Å². The average Bonchev–Trinajstić information content (AvgIpc) is 2.81. The molecule has 0 N–H and O–H groups in total. The summed E-state index contributed by atoms with van der Waals surface area (Å²) in [7, 11) is 1.75. The van der Waals surface area contributed by atoms with Crippen LogP contribution < -0.4 is 9.64 Å². The van der Waals surface area contributed by atoms with Crippen molar-refractivity contribution in [3.8, 4) is 5.75 Å². The first-order valence-corrected chi connectivity index (χ1v) is 10.2.